The normalized spacial score (nSPS) is 10.5. The number of carbonyl (C=O) groups excluding carboxylic acids is 2. The van der Waals surface area contributed by atoms with Crippen LogP contribution in [0, 0.1) is 5.82 Å². The molecule has 1 heterocycles. The summed E-state index contributed by atoms with van der Waals surface area (Å²) < 4.78 is 25.6. The lowest BCUT2D eigenvalue weighted by atomic mass is 10.1. The van der Waals surface area contributed by atoms with Crippen LogP contribution in [-0.4, -0.2) is 30.2 Å². The number of hydrogen-bond acceptors (Lipinski definition) is 4. The van der Waals surface area contributed by atoms with E-state index < -0.39 is 17.7 Å². The van der Waals surface area contributed by atoms with E-state index in [4.69, 9.17) is 9.47 Å². The SMILES string of the molecule is CCOC(=O)c1c(NC(=O)c2ccc(OC)cc2)c(-c2cccc(F)c2)cn1C. The number of carbonyl (C=O) groups is 2. The topological polar surface area (TPSA) is 69.6 Å². The highest BCUT2D eigenvalue weighted by molar-refractivity contribution is 6.10. The third kappa shape index (κ3) is 4.29. The van der Waals surface area contributed by atoms with Gasteiger partial charge in [-0.3, -0.25) is 4.79 Å². The summed E-state index contributed by atoms with van der Waals surface area (Å²) in [6.45, 7) is 1.88. The third-order valence-electron chi connectivity index (χ3n) is 4.38. The van der Waals surface area contributed by atoms with Crippen molar-refractivity contribution in [2.24, 2.45) is 7.05 Å². The van der Waals surface area contributed by atoms with Gasteiger partial charge in [-0.05, 0) is 48.9 Å². The van der Waals surface area contributed by atoms with Crippen molar-refractivity contribution in [3.63, 3.8) is 0 Å². The van der Waals surface area contributed by atoms with Crippen LogP contribution in [0.4, 0.5) is 10.1 Å². The van der Waals surface area contributed by atoms with E-state index in [1.165, 1.54) is 19.2 Å². The Morgan fingerprint density at radius 3 is 2.48 bits per heavy atom. The molecule has 0 saturated carbocycles. The molecule has 0 unspecified atom stereocenters. The molecule has 0 radical (unpaired) electrons. The average Bonchev–Trinajstić information content (AvgIpc) is 3.04. The quantitative estimate of drug-likeness (QED) is 0.632. The molecule has 150 valence electrons. The van der Waals surface area contributed by atoms with Crippen LogP contribution >= 0.6 is 0 Å². The lowest BCUT2D eigenvalue weighted by molar-refractivity contribution is 0.0516. The number of rotatable bonds is 6. The number of nitrogens with zero attached hydrogens (tertiary/aromatic N) is 1. The standard InChI is InChI=1S/C22H21FN2O4/c1-4-29-22(27)20-19(24-21(26)14-8-10-17(28-3)11-9-14)18(13-25(20)2)15-6-5-7-16(23)12-15/h5-13H,4H2,1-3H3,(H,24,26). The molecule has 6 nitrogen and oxygen atoms in total. The van der Waals surface area contributed by atoms with Crippen molar-refractivity contribution >= 4 is 17.6 Å². The summed E-state index contributed by atoms with van der Waals surface area (Å²) in [5.41, 5.74) is 1.86. The fourth-order valence-corrected chi connectivity index (χ4v) is 3.00. The Hall–Kier alpha value is -3.61. The highest BCUT2D eigenvalue weighted by atomic mass is 19.1. The van der Waals surface area contributed by atoms with Crippen LogP contribution in [0.1, 0.15) is 27.8 Å². The average molecular weight is 396 g/mol. The molecule has 0 saturated heterocycles. The van der Waals surface area contributed by atoms with Crippen LogP contribution in [0.5, 0.6) is 5.75 Å². The van der Waals surface area contributed by atoms with Crippen LogP contribution < -0.4 is 10.1 Å². The van der Waals surface area contributed by atoms with Crippen LogP contribution in [-0.2, 0) is 11.8 Å². The summed E-state index contributed by atoms with van der Waals surface area (Å²) in [4.78, 5) is 25.3. The van der Waals surface area contributed by atoms with Gasteiger partial charge in [0.1, 0.15) is 11.6 Å². The predicted octanol–water partition coefficient (Wildman–Crippen LogP) is 4.27. The number of amides is 1. The van der Waals surface area contributed by atoms with Gasteiger partial charge in [0.15, 0.2) is 5.69 Å². The molecule has 0 aliphatic heterocycles. The molecule has 3 aromatic rings. The van der Waals surface area contributed by atoms with Gasteiger partial charge in [0, 0.05) is 24.4 Å². The summed E-state index contributed by atoms with van der Waals surface area (Å²) in [5, 5.41) is 2.79. The van der Waals surface area contributed by atoms with Crippen LogP contribution in [0.15, 0.2) is 54.7 Å². The summed E-state index contributed by atoms with van der Waals surface area (Å²) in [7, 11) is 3.20. The van der Waals surface area contributed by atoms with Gasteiger partial charge in [-0.2, -0.15) is 0 Å². The fraction of sp³-hybridized carbons (Fsp3) is 0.182. The first-order valence-electron chi connectivity index (χ1n) is 9.02. The zero-order chi connectivity index (χ0) is 21.0. The molecule has 1 amide bonds. The highest BCUT2D eigenvalue weighted by Gasteiger charge is 2.24. The van der Waals surface area contributed by atoms with Gasteiger partial charge in [0.2, 0.25) is 0 Å². The van der Waals surface area contributed by atoms with Crippen molar-refractivity contribution < 1.29 is 23.5 Å². The number of halogens is 1. The maximum absolute atomic E-state index is 13.8. The first-order chi connectivity index (χ1) is 13.9. The largest absolute Gasteiger partial charge is 0.497 e. The van der Waals surface area contributed by atoms with E-state index in [0.29, 0.717) is 22.4 Å². The van der Waals surface area contributed by atoms with Crippen molar-refractivity contribution in [2.75, 3.05) is 19.0 Å². The molecule has 0 aliphatic rings. The van der Waals surface area contributed by atoms with Crippen molar-refractivity contribution in [1.82, 2.24) is 4.57 Å². The second-order valence-corrected chi connectivity index (χ2v) is 6.29. The monoisotopic (exact) mass is 396 g/mol. The zero-order valence-corrected chi connectivity index (χ0v) is 16.4. The molecule has 7 heteroatoms. The van der Waals surface area contributed by atoms with E-state index in [1.54, 1.807) is 61.1 Å². The van der Waals surface area contributed by atoms with Gasteiger partial charge < -0.3 is 19.4 Å². The van der Waals surface area contributed by atoms with Crippen LogP contribution in [0.25, 0.3) is 11.1 Å². The van der Waals surface area contributed by atoms with E-state index in [1.807, 2.05) is 0 Å². The van der Waals surface area contributed by atoms with Gasteiger partial charge in [-0.1, -0.05) is 12.1 Å². The summed E-state index contributed by atoms with van der Waals surface area (Å²) in [6, 6.07) is 12.5. The molecule has 0 fully saturated rings. The zero-order valence-electron chi connectivity index (χ0n) is 16.4. The molecule has 0 aliphatic carbocycles. The second kappa shape index (κ2) is 8.60. The maximum atomic E-state index is 13.8. The second-order valence-electron chi connectivity index (χ2n) is 6.29. The van der Waals surface area contributed by atoms with Gasteiger partial charge in [-0.25, -0.2) is 9.18 Å². The lowest BCUT2D eigenvalue weighted by Gasteiger charge is -2.11. The van der Waals surface area contributed by atoms with E-state index in [2.05, 4.69) is 5.32 Å². The smallest absolute Gasteiger partial charge is 0.357 e. The van der Waals surface area contributed by atoms with Gasteiger partial charge in [-0.15, -0.1) is 0 Å². The molecular weight excluding hydrogens is 375 g/mol. The molecule has 0 spiro atoms. The van der Waals surface area contributed by atoms with Crippen molar-refractivity contribution in [3.05, 3.63) is 71.8 Å². The molecule has 1 aromatic heterocycles. The predicted molar refractivity (Wildman–Crippen MR) is 108 cm³/mol. The number of aromatic nitrogens is 1. The van der Waals surface area contributed by atoms with Crippen LogP contribution in [0.3, 0.4) is 0 Å². The third-order valence-corrected chi connectivity index (χ3v) is 4.38. The number of aryl methyl sites for hydroxylation is 1. The van der Waals surface area contributed by atoms with Crippen molar-refractivity contribution in [3.8, 4) is 16.9 Å². The number of esters is 1. The van der Waals surface area contributed by atoms with Gasteiger partial charge in [0.05, 0.1) is 19.4 Å². The lowest BCUT2D eigenvalue weighted by Crippen LogP contribution is -2.17. The molecule has 2 aromatic carbocycles. The summed E-state index contributed by atoms with van der Waals surface area (Å²) in [6.07, 6.45) is 1.66. The highest BCUT2D eigenvalue weighted by Crippen LogP contribution is 2.34. The van der Waals surface area contributed by atoms with Gasteiger partial charge in [0.25, 0.3) is 5.91 Å². The molecule has 0 bridgehead atoms. The summed E-state index contributed by atoms with van der Waals surface area (Å²) in [5.74, 6) is -0.796. The molecule has 1 N–H and O–H groups in total. The minimum absolute atomic E-state index is 0.174. The Bertz CT molecular complexity index is 1040. The Balaban J connectivity index is 2.06. The number of methoxy groups -OCH3 is 1. The number of anilines is 1. The number of benzene rings is 2. The van der Waals surface area contributed by atoms with Crippen LogP contribution in [0.2, 0.25) is 0 Å². The minimum Gasteiger partial charge on any atom is -0.497 e. The van der Waals surface area contributed by atoms with E-state index in [-0.39, 0.29) is 18.0 Å². The maximum Gasteiger partial charge on any atom is 0.357 e. The van der Waals surface area contributed by atoms with Crippen molar-refractivity contribution in [1.29, 1.82) is 0 Å². The first kappa shape index (κ1) is 20.1. The Kier molecular flexibility index (Phi) is 5.97. The first-order valence-corrected chi connectivity index (χ1v) is 9.02. The number of nitrogens with one attached hydrogen (secondary N) is 1. The minimum atomic E-state index is -0.581. The number of hydrogen-bond donors (Lipinski definition) is 1. The Morgan fingerprint density at radius 1 is 1.14 bits per heavy atom. The van der Waals surface area contributed by atoms with E-state index in [9.17, 15) is 14.0 Å². The van der Waals surface area contributed by atoms with E-state index >= 15 is 0 Å². The molecular formula is C22H21FN2O4. The molecule has 29 heavy (non-hydrogen) atoms. The number of ether oxygens (including phenoxy) is 2. The van der Waals surface area contributed by atoms with Gasteiger partial charge >= 0.3 is 5.97 Å². The van der Waals surface area contributed by atoms with E-state index in [0.717, 1.165) is 0 Å². The van der Waals surface area contributed by atoms with Crippen molar-refractivity contribution in [2.45, 2.75) is 6.92 Å². The summed E-state index contributed by atoms with van der Waals surface area (Å²) >= 11 is 0. The Morgan fingerprint density at radius 2 is 1.86 bits per heavy atom. The molecule has 3 rings (SSSR count). The molecule has 0 atom stereocenters. The fourth-order valence-electron chi connectivity index (χ4n) is 3.00. The Labute approximate surface area is 167 Å².